The van der Waals surface area contributed by atoms with Gasteiger partial charge in [0.1, 0.15) is 17.2 Å². The molecule has 2 N–H and O–H groups in total. The van der Waals surface area contributed by atoms with Crippen LogP contribution in [0.4, 0.5) is 17.5 Å². The number of carbonyl (C=O) groups is 1. The van der Waals surface area contributed by atoms with E-state index in [0.29, 0.717) is 23.6 Å². The number of hydrogen-bond donors (Lipinski definition) is 2. The molecule has 3 aromatic rings. The molecule has 1 aliphatic carbocycles. The highest BCUT2D eigenvalue weighted by Crippen LogP contribution is 2.35. The van der Waals surface area contributed by atoms with Gasteiger partial charge in [0.2, 0.25) is 5.95 Å². The first-order chi connectivity index (χ1) is 19.0. The van der Waals surface area contributed by atoms with Gasteiger partial charge < -0.3 is 29.7 Å². The maximum atomic E-state index is 13.0. The van der Waals surface area contributed by atoms with Gasteiger partial charge in [-0.1, -0.05) is 12.8 Å². The molecule has 1 amide bonds. The molecule has 2 aliphatic heterocycles. The van der Waals surface area contributed by atoms with Crippen LogP contribution < -0.4 is 15.5 Å². The Morgan fingerprint density at radius 1 is 1.13 bits per heavy atom. The van der Waals surface area contributed by atoms with Crippen molar-refractivity contribution in [1.82, 2.24) is 34.6 Å². The minimum atomic E-state index is -0.00757. The van der Waals surface area contributed by atoms with E-state index in [0.717, 1.165) is 82.0 Å². The predicted octanol–water partition coefficient (Wildman–Crippen LogP) is 2.50. The first kappa shape index (κ1) is 26.0. The van der Waals surface area contributed by atoms with Crippen LogP contribution in [-0.2, 0) is 4.74 Å². The highest BCUT2D eigenvalue weighted by molar-refractivity contribution is 5.97. The van der Waals surface area contributed by atoms with Crippen LogP contribution in [0.3, 0.4) is 0 Å². The molecule has 11 heteroatoms. The quantitative estimate of drug-likeness (QED) is 0.474. The van der Waals surface area contributed by atoms with Gasteiger partial charge >= 0.3 is 0 Å². The zero-order valence-corrected chi connectivity index (χ0v) is 23.0. The number of piperazine rings is 1. The van der Waals surface area contributed by atoms with Crippen LogP contribution >= 0.6 is 0 Å². The van der Waals surface area contributed by atoms with Gasteiger partial charge in [-0.25, -0.2) is 9.97 Å². The molecule has 3 fully saturated rings. The second kappa shape index (κ2) is 11.4. The van der Waals surface area contributed by atoms with Crippen LogP contribution in [0.25, 0.3) is 11.0 Å². The van der Waals surface area contributed by atoms with Gasteiger partial charge in [0.25, 0.3) is 5.91 Å². The van der Waals surface area contributed by atoms with E-state index in [2.05, 4.69) is 41.0 Å². The second-order valence-electron chi connectivity index (χ2n) is 11.0. The summed E-state index contributed by atoms with van der Waals surface area (Å²) in [5.41, 5.74) is 2.60. The summed E-state index contributed by atoms with van der Waals surface area (Å²) >= 11 is 0. The first-order valence-corrected chi connectivity index (χ1v) is 14.2. The number of hydrogen-bond acceptors (Lipinski definition) is 9. The third kappa shape index (κ3) is 5.70. The molecule has 0 radical (unpaired) electrons. The molecule has 39 heavy (non-hydrogen) atoms. The Bertz CT molecular complexity index is 1270. The Balaban J connectivity index is 1.12. The van der Waals surface area contributed by atoms with E-state index in [4.69, 9.17) is 9.72 Å². The Hall–Kier alpha value is -3.28. The van der Waals surface area contributed by atoms with Crippen LogP contribution in [-0.4, -0.2) is 108 Å². The second-order valence-corrected chi connectivity index (χ2v) is 11.0. The lowest BCUT2D eigenvalue weighted by atomic mass is 10.2. The fourth-order valence-electron chi connectivity index (χ4n) is 5.97. The maximum absolute atomic E-state index is 13.0. The summed E-state index contributed by atoms with van der Waals surface area (Å²) in [5, 5.41) is 7.56. The monoisotopic (exact) mass is 533 g/mol. The summed E-state index contributed by atoms with van der Waals surface area (Å²) in [6.07, 6.45) is 8.48. The Morgan fingerprint density at radius 2 is 1.95 bits per heavy atom. The summed E-state index contributed by atoms with van der Waals surface area (Å²) in [6.45, 7) is 7.67. The summed E-state index contributed by atoms with van der Waals surface area (Å²) in [4.78, 5) is 33.5. The summed E-state index contributed by atoms with van der Waals surface area (Å²) in [5.74, 6) is 1.17. The van der Waals surface area contributed by atoms with Gasteiger partial charge in [-0.2, -0.15) is 4.98 Å². The van der Waals surface area contributed by atoms with Crippen LogP contribution in [0, 0.1) is 0 Å². The number of amides is 1. The Labute approximate surface area is 229 Å². The van der Waals surface area contributed by atoms with Crippen molar-refractivity contribution in [3.05, 3.63) is 36.3 Å². The number of rotatable bonds is 7. The van der Waals surface area contributed by atoms with Crippen LogP contribution in [0.1, 0.15) is 42.2 Å². The standard InChI is InChI=1S/C28H39N9O2/c1-34(2)27(38)24-15-20-16-31-28(33-26(20)37(24)21-5-3-4-6-21)32-25-8-7-22(17-30-25)36-12-10-35(11-13-36)19-23-18-29-9-14-39-23/h7-8,15-17,21,23,29H,3-6,9-14,18-19H2,1-2H3,(H,30,31,32,33)/t23-/m0/s1. The van der Waals surface area contributed by atoms with Crippen molar-refractivity contribution in [3.63, 3.8) is 0 Å². The van der Waals surface area contributed by atoms with Crippen LogP contribution in [0.2, 0.25) is 0 Å². The maximum Gasteiger partial charge on any atom is 0.270 e. The number of anilines is 3. The molecule has 1 atom stereocenters. The molecule has 3 aromatic heterocycles. The topological polar surface area (TPSA) is 104 Å². The third-order valence-electron chi connectivity index (χ3n) is 8.08. The van der Waals surface area contributed by atoms with E-state index in [1.807, 2.05) is 18.3 Å². The molecule has 3 aliphatic rings. The molecule has 208 valence electrons. The van der Waals surface area contributed by atoms with E-state index in [-0.39, 0.29) is 11.9 Å². The minimum Gasteiger partial charge on any atom is -0.374 e. The van der Waals surface area contributed by atoms with E-state index >= 15 is 0 Å². The molecule has 0 spiro atoms. The van der Waals surface area contributed by atoms with E-state index in [1.54, 1.807) is 25.2 Å². The number of ether oxygens (including phenoxy) is 1. The van der Waals surface area contributed by atoms with Crippen molar-refractivity contribution in [1.29, 1.82) is 0 Å². The van der Waals surface area contributed by atoms with Gasteiger partial charge in [0.15, 0.2) is 0 Å². The highest BCUT2D eigenvalue weighted by Gasteiger charge is 2.27. The van der Waals surface area contributed by atoms with Crippen molar-refractivity contribution < 1.29 is 9.53 Å². The van der Waals surface area contributed by atoms with Gasteiger partial charge in [0, 0.05) is 77.5 Å². The predicted molar refractivity (Wildman–Crippen MR) is 152 cm³/mol. The molecule has 6 rings (SSSR count). The third-order valence-corrected chi connectivity index (χ3v) is 8.08. The highest BCUT2D eigenvalue weighted by atomic mass is 16.5. The average Bonchev–Trinajstić information content (AvgIpc) is 3.62. The molecule has 11 nitrogen and oxygen atoms in total. The Morgan fingerprint density at radius 3 is 2.64 bits per heavy atom. The van der Waals surface area contributed by atoms with Crippen molar-refractivity contribution in [2.24, 2.45) is 0 Å². The number of fused-ring (bicyclic) bond motifs is 1. The number of nitrogens with zero attached hydrogens (tertiary/aromatic N) is 7. The SMILES string of the molecule is CN(C)C(=O)c1cc2cnc(Nc3ccc(N4CCN(C[C@@H]5CNCCO5)CC4)cn3)nc2n1C1CCCC1. The summed E-state index contributed by atoms with van der Waals surface area (Å²) < 4.78 is 8.00. The molecule has 0 aromatic carbocycles. The van der Waals surface area contributed by atoms with Gasteiger partial charge in [-0.3, -0.25) is 9.69 Å². The van der Waals surface area contributed by atoms with Crippen LogP contribution in [0.15, 0.2) is 30.6 Å². The van der Waals surface area contributed by atoms with Gasteiger partial charge in [-0.15, -0.1) is 0 Å². The van der Waals surface area contributed by atoms with Gasteiger partial charge in [0.05, 0.1) is 24.6 Å². The zero-order valence-electron chi connectivity index (χ0n) is 23.0. The van der Waals surface area contributed by atoms with Crippen molar-refractivity contribution >= 4 is 34.4 Å². The number of nitrogens with one attached hydrogen (secondary N) is 2. The fourth-order valence-corrected chi connectivity index (χ4v) is 5.97. The molecule has 0 unspecified atom stereocenters. The van der Waals surface area contributed by atoms with Crippen LogP contribution in [0.5, 0.6) is 0 Å². The molecule has 0 bridgehead atoms. The molecule has 1 saturated carbocycles. The van der Waals surface area contributed by atoms with Gasteiger partial charge in [-0.05, 0) is 31.0 Å². The van der Waals surface area contributed by atoms with Crippen molar-refractivity contribution in [2.75, 3.05) is 76.7 Å². The zero-order chi connectivity index (χ0) is 26.8. The van der Waals surface area contributed by atoms with Crippen molar-refractivity contribution in [2.45, 2.75) is 37.8 Å². The summed E-state index contributed by atoms with van der Waals surface area (Å²) in [7, 11) is 3.58. The lowest BCUT2D eigenvalue weighted by molar-refractivity contribution is 0.00465. The van der Waals surface area contributed by atoms with E-state index < -0.39 is 0 Å². The summed E-state index contributed by atoms with van der Waals surface area (Å²) in [6, 6.07) is 6.29. The lowest BCUT2D eigenvalue weighted by Gasteiger charge is -2.38. The average molecular weight is 534 g/mol. The molecule has 2 saturated heterocycles. The van der Waals surface area contributed by atoms with E-state index in [1.165, 1.54) is 12.8 Å². The number of aromatic nitrogens is 4. The fraction of sp³-hybridized carbons (Fsp3) is 0.571. The number of carbonyl (C=O) groups excluding carboxylic acids is 1. The normalized spacial score (nSPS) is 21.0. The lowest BCUT2D eigenvalue weighted by Crippen LogP contribution is -2.51. The largest absolute Gasteiger partial charge is 0.374 e. The smallest absolute Gasteiger partial charge is 0.270 e. The van der Waals surface area contributed by atoms with Crippen molar-refractivity contribution in [3.8, 4) is 0 Å². The number of morpholine rings is 1. The first-order valence-electron chi connectivity index (χ1n) is 14.2. The van der Waals surface area contributed by atoms with E-state index in [9.17, 15) is 4.79 Å². The minimum absolute atomic E-state index is 0.00757. The molecular formula is C28H39N9O2. The molecule has 5 heterocycles. The molecular weight excluding hydrogens is 494 g/mol. The Kier molecular flexibility index (Phi) is 7.62. The number of pyridine rings is 1.